The van der Waals surface area contributed by atoms with Crippen LogP contribution in [0.2, 0.25) is 0 Å². The fourth-order valence-corrected chi connectivity index (χ4v) is 4.69. The minimum atomic E-state index is -0.330. The van der Waals surface area contributed by atoms with E-state index >= 15 is 0 Å². The number of nitrogens with one attached hydrogen (secondary N) is 1. The normalized spacial score (nSPS) is 10.6. The molecule has 0 aliphatic carbocycles. The Morgan fingerprint density at radius 2 is 1.11 bits per heavy atom. The molecule has 0 unspecified atom stereocenters. The number of ether oxygens (including phenoxy) is 3. The number of benzene rings is 2. The summed E-state index contributed by atoms with van der Waals surface area (Å²) in [4.78, 5) is 22.8. The lowest BCUT2D eigenvalue weighted by atomic mass is 10.1. The monoisotopic (exact) mass is 659 g/mol. The van der Waals surface area contributed by atoms with Gasteiger partial charge in [-0.15, -0.1) is 0 Å². The standard InChI is InChI=1S/C22H38O2.C16H24N2O3.CH4O/c1-3-5-7-9-11-15-19-23-21-17-13-14-18-22(21)24-20-16-12-10-8-6-4-2;1-5-18(4,6-2)11-12-21-16(20)14-7-9-15(10-8-14)17-13(3)19;1-2/h13-14,17-18H,3-12,15-16,19-20H2,1-2H3;7-10H,5-6,11-12H2,1-4H3;2H,1H3/p+1. The van der Waals surface area contributed by atoms with Crippen LogP contribution in [0.4, 0.5) is 5.69 Å². The van der Waals surface area contributed by atoms with Crippen molar-refractivity contribution < 1.29 is 33.4 Å². The van der Waals surface area contributed by atoms with Crippen molar-refractivity contribution >= 4 is 17.6 Å². The number of rotatable bonds is 23. The molecule has 2 aromatic carbocycles. The molecule has 2 N–H and O–H groups in total. The fraction of sp³-hybridized carbons (Fsp3) is 0.641. The Hall–Kier alpha value is -3.10. The molecule has 0 heterocycles. The van der Waals surface area contributed by atoms with Crippen LogP contribution in [0.25, 0.3) is 0 Å². The second kappa shape index (κ2) is 29.1. The molecular weight excluding hydrogens is 592 g/mol. The summed E-state index contributed by atoms with van der Waals surface area (Å²) >= 11 is 0. The number of anilines is 1. The van der Waals surface area contributed by atoms with Gasteiger partial charge in [-0.1, -0.05) is 90.2 Å². The first kappa shape index (κ1) is 43.9. The maximum atomic E-state index is 11.9. The van der Waals surface area contributed by atoms with Gasteiger partial charge in [0.05, 0.1) is 38.9 Å². The van der Waals surface area contributed by atoms with Crippen molar-refractivity contribution in [3.63, 3.8) is 0 Å². The van der Waals surface area contributed by atoms with E-state index in [2.05, 4.69) is 40.1 Å². The molecular formula is C39H67N2O6+. The Morgan fingerprint density at radius 1 is 0.660 bits per heavy atom. The first-order valence-electron chi connectivity index (χ1n) is 18.0. The molecule has 0 atom stereocenters. The largest absolute Gasteiger partial charge is 0.490 e. The van der Waals surface area contributed by atoms with Gasteiger partial charge in [-0.2, -0.15) is 0 Å². The maximum Gasteiger partial charge on any atom is 0.338 e. The number of esters is 1. The van der Waals surface area contributed by atoms with Crippen LogP contribution >= 0.6 is 0 Å². The van der Waals surface area contributed by atoms with E-state index in [1.807, 2.05) is 24.3 Å². The van der Waals surface area contributed by atoms with Crippen LogP contribution in [0.15, 0.2) is 48.5 Å². The molecule has 1 amide bonds. The number of unbranched alkanes of at least 4 members (excludes halogenated alkanes) is 10. The third-order valence-corrected chi connectivity index (χ3v) is 8.19. The summed E-state index contributed by atoms with van der Waals surface area (Å²) < 4.78 is 18.0. The summed E-state index contributed by atoms with van der Waals surface area (Å²) in [7, 11) is 3.15. The average molecular weight is 660 g/mol. The first-order valence-corrected chi connectivity index (χ1v) is 18.0. The van der Waals surface area contributed by atoms with E-state index in [1.54, 1.807) is 24.3 Å². The third kappa shape index (κ3) is 22.2. The lowest BCUT2D eigenvalue weighted by Gasteiger charge is -2.31. The summed E-state index contributed by atoms with van der Waals surface area (Å²) in [5, 5.41) is 9.66. The Balaban J connectivity index is 0.000000862. The number of hydrogen-bond acceptors (Lipinski definition) is 6. The minimum Gasteiger partial charge on any atom is -0.490 e. The van der Waals surface area contributed by atoms with E-state index in [0.717, 1.165) is 68.8 Å². The van der Waals surface area contributed by atoms with Gasteiger partial charge < -0.3 is 29.1 Å². The van der Waals surface area contributed by atoms with E-state index in [1.165, 1.54) is 71.1 Å². The molecule has 0 bridgehead atoms. The van der Waals surface area contributed by atoms with E-state index in [-0.39, 0.29) is 11.9 Å². The molecule has 0 saturated carbocycles. The van der Waals surface area contributed by atoms with Crippen LogP contribution in [0.3, 0.4) is 0 Å². The average Bonchev–Trinajstić information content (AvgIpc) is 3.09. The summed E-state index contributed by atoms with van der Waals surface area (Å²) in [6, 6.07) is 14.8. The van der Waals surface area contributed by atoms with Crippen molar-refractivity contribution in [3.05, 3.63) is 54.1 Å². The van der Waals surface area contributed by atoms with Gasteiger partial charge in [-0.25, -0.2) is 4.79 Å². The van der Waals surface area contributed by atoms with Crippen molar-refractivity contribution in [3.8, 4) is 11.5 Å². The smallest absolute Gasteiger partial charge is 0.338 e. The molecule has 0 spiro atoms. The fourth-order valence-electron chi connectivity index (χ4n) is 4.69. The van der Waals surface area contributed by atoms with Gasteiger partial charge in [-0.3, -0.25) is 4.79 Å². The zero-order valence-corrected chi connectivity index (χ0v) is 30.8. The van der Waals surface area contributed by atoms with Crippen LogP contribution in [0.1, 0.15) is 122 Å². The summed E-state index contributed by atoms with van der Waals surface area (Å²) in [6.07, 6.45) is 15.5. The second-order valence-corrected chi connectivity index (χ2v) is 12.0. The minimum absolute atomic E-state index is 0.137. The number of aliphatic hydroxyl groups excluding tert-OH is 1. The van der Waals surface area contributed by atoms with E-state index < -0.39 is 0 Å². The lowest BCUT2D eigenvalue weighted by molar-refractivity contribution is -0.906. The molecule has 0 aliphatic rings. The van der Waals surface area contributed by atoms with Gasteiger partial charge in [0.1, 0.15) is 13.2 Å². The maximum absolute atomic E-state index is 11.9. The number of hydrogen-bond donors (Lipinski definition) is 2. The Kier molecular flexibility index (Phi) is 27.2. The van der Waals surface area contributed by atoms with Crippen molar-refractivity contribution in [2.75, 3.05) is 58.9 Å². The number of aliphatic hydroxyl groups is 1. The van der Waals surface area contributed by atoms with Crippen molar-refractivity contribution in [1.82, 2.24) is 0 Å². The van der Waals surface area contributed by atoms with Gasteiger partial charge in [0.2, 0.25) is 5.91 Å². The van der Waals surface area contributed by atoms with Crippen molar-refractivity contribution in [1.29, 1.82) is 0 Å². The number of amides is 1. The Bertz CT molecular complexity index is 1000. The Labute approximate surface area is 286 Å². The predicted octanol–water partition coefficient (Wildman–Crippen LogP) is 9.06. The highest BCUT2D eigenvalue weighted by molar-refractivity contribution is 5.92. The lowest BCUT2D eigenvalue weighted by Crippen LogP contribution is -2.46. The number of carbonyl (C=O) groups is 2. The van der Waals surface area contributed by atoms with Crippen LogP contribution in [0, 0.1) is 0 Å². The van der Waals surface area contributed by atoms with Gasteiger partial charge in [0, 0.05) is 19.7 Å². The number of quaternary nitrogens is 1. The molecule has 0 fully saturated rings. The summed E-state index contributed by atoms with van der Waals surface area (Å²) in [5.74, 6) is 1.33. The van der Waals surface area contributed by atoms with Gasteiger partial charge in [0.15, 0.2) is 11.5 Å². The van der Waals surface area contributed by atoms with Crippen LogP contribution < -0.4 is 14.8 Å². The van der Waals surface area contributed by atoms with Crippen molar-refractivity contribution in [2.45, 2.75) is 112 Å². The molecule has 0 saturated heterocycles. The third-order valence-electron chi connectivity index (χ3n) is 8.19. The molecule has 2 aromatic rings. The molecule has 0 aromatic heterocycles. The zero-order valence-electron chi connectivity index (χ0n) is 30.8. The molecule has 8 nitrogen and oxygen atoms in total. The second-order valence-electron chi connectivity index (χ2n) is 12.0. The number of para-hydroxylation sites is 2. The SMILES string of the molecule is CCCCCCCCOc1ccccc1OCCCCCCCC.CC[N+](C)(CC)CCOC(=O)c1ccc(NC(C)=O)cc1.CO. The van der Waals surface area contributed by atoms with Crippen LogP contribution in [0.5, 0.6) is 11.5 Å². The quantitative estimate of drug-likeness (QED) is 0.0702. The summed E-state index contributed by atoms with van der Waals surface area (Å²) in [6.45, 7) is 15.0. The molecule has 8 heteroatoms. The predicted molar refractivity (Wildman–Crippen MR) is 195 cm³/mol. The molecule has 0 radical (unpaired) electrons. The van der Waals surface area contributed by atoms with Gasteiger partial charge >= 0.3 is 5.97 Å². The van der Waals surface area contributed by atoms with E-state index in [9.17, 15) is 9.59 Å². The first-order chi connectivity index (χ1) is 22.8. The number of nitrogens with zero attached hydrogens (tertiary/aromatic N) is 1. The summed E-state index contributed by atoms with van der Waals surface area (Å²) in [5.41, 5.74) is 1.16. The zero-order chi connectivity index (χ0) is 35.2. The van der Waals surface area contributed by atoms with Crippen molar-refractivity contribution in [2.24, 2.45) is 0 Å². The highest BCUT2D eigenvalue weighted by atomic mass is 16.5. The van der Waals surface area contributed by atoms with Gasteiger partial charge in [-0.05, 0) is 63.1 Å². The molecule has 0 aliphatic heterocycles. The van der Waals surface area contributed by atoms with E-state index in [4.69, 9.17) is 19.3 Å². The number of carbonyl (C=O) groups excluding carboxylic acids is 2. The number of likely N-dealkylation sites (N-methyl/N-ethyl adjacent to an activating group) is 1. The van der Waals surface area contributed by atoms with Crippen LogP contribution in [-0.4, -0.2) is 75.1 Å². The van der Waals surface area contributed by atoms with E-state index in [0.29, 0.717) is 17.9 Å². The molecule has 268 valence electrons. The topological polar surface area (TPSA) is 94.1 Å². The Morgan fingerprint density at radius 3 is 1.53 bits per heavy atom. The highest BCUT2D eigenvalue weighted by Gasteiger charge is 2.17. The molecule has 2 rings (SSSR count). The highest BCUT2D eigenvalue weighted by Crippen LogP contribution is 2.27. The van der Waals surface area contributed by atoms with Gasteiger partial charge in [0.25, 0.3) is 0 Å². The molecule has 47 heavy (non-hydrogen) atoms. The van der Waals surface area contributed by atoms with Crippen LogP contribution in [-0.2, 0) is 9.53 Å².